The van der Waals surface area contributed by atoms with E-state index in [4.69, 9.17) is 32.7 Å². The molecule has 0 aliphatic heterocycles. The number of hydrogen-bond acceptors (Lipinski definition) is 6. The molecule has 3 aromatic rings. The van der Waals surface area contributed by atoms with Crippen molar-refractivity contribution in [3.8, 4) is 11.5 Å². The largest absolute Gasteiger partial charge is 0.490 e. The van der Waals surface area contributed by atoms with Crippen LogP contribution in [0.5, 0.6) is 11.5 Å². The molecular formula is C22H17Cl2N3O4. The summed E-state index contributed by atoms with van der Waals surface area (Å²) in [7, 11) is 0. The molecule has 0 bridgehead atoms. The Labute approximate surface area is 188 Å². The predicted octanol–water partition coefficient (Wildman–Crippen LogP) is 4.77. The summed E-state index contributed by atoms with van der Waals surface area (Å²) >= 11 is 11.9. The maximum Gasteiger partial charge on any atom is 0.345 e. The van der Waals surface area contributed by atoms with Crippen molar-refractivity contribution in [1.29, 1.82) is 0 Å². The third-order valence-corrected chi connectivity index (χ3v) is 4.47. The van der Waals surface area contributed by atoms with Crippen LogP contribution in [-0.2, 0) is 0 Å². The van der Waals surface area contributed by atoms with Gasteiger partial charge in [-0.3, -0.25) is 9.78 Å². The molecule has 0 aliphatic carbocycles. The maximum absolute atomic E-state index is 12.5. The van der Waals surface area contributed by atoms with Crippen LogP contribution in [0.15, 0.2) is 66.0 Å². The lowest BCUT2D eigenvalue weighted by Gasteiger charge is -2.12. The quantitative estimate of drug-likeness (QED) is 0.239. The van der Waals surface area contributed by atoms with Crippen LogP contribution in [-0.4, -0.2) is 29.7 Å². The highest BCUT2D eigenvalue weighted by Crippen LogP contribution is 2.30. The Hall–Kier alpha value is -3.42. The highest BCUT2D eigenvalue weighted by atomic mass is 35.5. The van der Waals surface area contributed by atoms with Crippen molar-refractivity contribution in [2.45, 2.75) is 6.92 Å². The number of hydrogen-bond donors (Lipinski definition) is 1. The molecule has 0 spiro atoms. The van der Waals surface area contributed by atoms with Crippen molar-refractivity contribution >= 4 is 41.3 Å². The number of halogens is 2. The van der Waals surface area contributed by atoms with Crippen LogP contribution < -0.4 is 14.9 Å². The number of carbonyl (C=O) groups is 2. The number of carbonyl (C=O) groups excluding carboxylic acids is 2. The Bertz CT molecular complexity index is 1120. The molecule has 31 heavy (non-hydrogen) atoms. The van der Waals surface area contributed by atoms with Crippen molar-refractivity contribution in [2.24, 2.45) is 5.10 Å². The molecule has 0 unspecified atom stereocenters. The monoisotopic (exact) mass is 457 g/mol. The topological polar surface area (TPSA) is 89.9 Å². The second-order valence-corrected chi connectivity index (χ2v) is 6.94. The lowest BCUT2D eigenvalue weighted by atomic mass is 10.2. The molecule has 0 saturated carbocycles. The zero-order chi connectivity index (χ0) is 22.2. The number of ether oxygens (including phenoxy) is 2. The Morgan fingerprint density at radius 2 is 1.97 bits per heavy atom. The molecule has 7 nitrogen and oxygen atoms in total. The van der Waals surface area contributed by atoms with E-state index >= 15 is 0 Å². The molecular weight excluding hydrogens is 441 g/mol. The van der Waals surface area contributed by atoms with Crippen LogP contribution in [0.2, 0.25) is 10.0 Å². The van der Waals surface area contributed by atoms with E-state index in [1.807, 2.05) is 0 Å². The van der Waals surface area contributed by atoms with Gasteiger partial charge in [0.15, 0.2) is 11.5 Å². The summed E-state index contributed by atoms with van der Waals surface area (Å²) in [6.07, 6.45) is 4.46. The first-order valence-corrected chi connectivity index (χ1v) is 9.91. The van der Waals surface area contributed by atoms with Crippen LogP contribution in [0.1, 0.15) is 33.2 Å². The first-order chi connectivity index (χ1) is 15.0. The Morgan fingerprint density at radius 1 is 1.13 bits per heavy atom. The zero-order valence-corrected chi connectivity index (χ0v) is 17.9. The lowest BCUT2D eigenvalue weighted by Crippen LogP contribution is -2.17. The number of benzene rings is 2. The molecule has 0 radical (unpaired) electrons. The lowest BCUT2D eigenvalue weighted by molar-refractivity contribution is 0.0728. The van der Waals surface area contributed by atoms with Gasteiger partial charge in [0.05, 0.1) is 29.0 Å². The summed E-state index contributed by atoms with van der Waals surface area (Å²) in [4.78, 5) is 28.4. The summed E-state index contributed by atoms with van der Waals surface area (Å²) in [5.74, 6) is -0.481. The Morgan fingerprint density at radius 3 is 2.68 bits per heavy atom. The van der Waals surface area contributed by atoms with Gasteiger partial charge >= 0.3 is 5.97 Å². The van der Waals surface area contributed by atoms with Gasteiger partial charge in [0.1, 0.15) is 0 Å². The number of rotatable bonds is 7. The van der Waals surface area contributed by atoms with Crippen molar-refractivity contribution in [1.82, 2.24) is 10.4 Å². The molecule has 1 amide bonds. The van der Waals surface area contributed by atoms with Gasteiger partial charge in [-0.1, -0.05) is 23.2 Å². The first-order valence-electron chi connectivity index (χ1n) is 9.15. The van der Waals surface area contributed by atoms with E-state index in [9.17, 15) is 9.59 Å². The van der Waals surface area contributed by atoms with Crippen LogP contribution in [0.4, 0.5) is 0 Å². The molecule has 0 saturated heterocycles. The minimum absolute atomic E-state index is 0.178. The molecule has 1 N–H and O–H groups in total. The minimum Gasteiger partial charge on any atom is -0.490 e. The van der Waals surface area contributed by atoms with Crippen LogP contribution in [0, 0.1) is 0 Å². The normalized spacial score (nSPS) is 10.7. The number of nitrogens with one attached hydrogen (secondary N) is 1. The van der Waals surface area contributed by atoms with Gasteiger partial charge in [-0.15, -0.1) is 0 Å². The van der Waals surface area contributed by atoms with Gasteiger partial charge in [0, 0.05) is 17.4 Å². The first kappa shape index (κ1) is 22.3. The van der Waals surface area contributed by atoms with Crippen molar-refractivity contribution < 1.29 is 19.1 Å². The van der Waals surface area contributed by atoms with Gasteiger partial charge in [-0.25, -0.2) is 10.2 Å². The van der Waals surface area contributed by atoms with E-state index in [0.717, 1.165) is 0 Å². The van der Waals surface area contributed by atoms with E-state index in [1.54, 1.807) is 49.5 Å². The van der Waals surface area contributed by atoms with E-state index in [-0.39, 0.29) is 22.2 Å². The third kappa shape index (κ3) is 6.04. The van der Waals surface area contributed by atoms with Gasteiger partial charge in [-0.05, 0) is 61.0 Å². The SMILES string of the molecule is CCOc1cc(/C=N\NC(=O)c2cccnc2)ccc1OC(=O)c1ccc(Cl)cc1Cl. The van der Waals surface area contributed by atoms with Crippen LogP contribution in [0.25, 0.3) is 0 Å². The molecule has 3 rings (SSSR count). The second kappa shape index (κ2) is 10.6. The smallest absolute Gasteiger partial charge is 0.345 e. The standard InChI is InChI=1S/C22H17Cl2N3O4/c1-2-30-20-10-14(12-26-27-21(28)15-4-3-9-25-13-15)5-8-19(20)31-22(29)17-7-6-16(23)11-18(17)24/h3-13H,2H2,1H3,(H,27,28)/b26-12-. The van der Waals surface area contributed by atoms with Crippen molar-refractivity contribution in [3.05, 3.63) is 87.7 Å². The van der Waals surface area contributed by atoms with Gasteiger partial charge < -0.3 is 9.47 Å². The van der Waals surface area contributed by atoms with Crippen molar-refractivity contribution in [3.63, 3.8) is 0 Å². The number of aromatic nitrogens is 1. The summed E-state index contributed by atoms with van der Waals surface area (Å²) in [6, 6.07) is 12.6. The highest BCUT2D eigenvalue weighted by Gasteiger charge is 2.16. The van der Waals surface area contributed by atoms with Gasteiger partial charge in [0.2, 0.25) is 0 Å². The molecule has 158 valence electrons. The molecule has 1 heterocycles. The zero-order valence-electron chi connectivity index (χ0n) is 16.3. The second-order valence-electron chi connectivity index (χ2n) is 6.09. The van der Waals surface area contributed by atoms with Crippen LogP contribution >= 0.6 is 23.2 Å². The Kier molecular flexibility index (Phi) is 7.59. The molecule has 0 aliphatic rings. The summed E-state index contributed by atoms with van der Waals surface area (Å²) in [5, 5.41) is 4.53. The van der Waals surface area contributed by atoms with Crippen molar-refractivity contribution in [2.75, 3.05) is 6.61 Å². The summed E-state index contributed by atoms with van der Waals surface area (Å²) < 4.78 is 11.0. The van der Waals surface area contributed by atoms with Crippen LogP contribution in [0.3, 0.4) is 0 Å². The molecule has 9 heteroatoms. The molecule has 0 fully saturated rings. The maximum atomic E-state index is 12.5. The highest BCUT2D eigenvalue weighted by molar-refractivity contribution is 6.36. The van der Waals surface area contributed by atoms with E-state index < -0.39 is 5.97 Å². The number of amides is 1. The molecule has 1 aromatic heterocycles. The fourth-order valence-corrected chi connectivity index (χ4v) is 2.98. The number of hydrazone groups is 1. The average molecular weight is 458 g/mol. The van der Waals surface area contributed by atoms with Gasteiger partial charge in [-0.2, -0.15) is 5.10 Å². The minimum atomic E-state index is -0.646. The van der Waals surface area contributed by atoms with E-state index in [0.29, 0.717) is 28.5 Å². The fraction of sp³-hybridized carbons (Fsp3) is 0.0909. The number of esters is 1. The summed E-state index contributed by atoms with van der Waals surface area (Å²) in [6.45, 7) is 2.15. The molecule has 0 atom stereocenters. The third-order valence-electron chi connectivity index (χ3n) is 3.92. The number of nitrogens with zero attached hydrogens (tertiary/aromatic N) is 2. The number of pyridine rings is 1. The fourth-order valence-electron chi connectivity index (χ4n) is 2.49. The van der Waals surface area contributed by atoms with Gasteiger partial charge in [0.25, 0.3) is 5.91 Å². The average Bonchev–Trinajstić information content (AvgIpc) is 2.76. The van der Waals surface area contributed by atoms with E-state index in [2.05, 4.69) is 15.5 Å². The summed E-state index contributed by atoms with van der Waals surface area (Å²) in [5.41, 5.74) is 3.61. The Balaban J connectivity index is 1.73. The predicted molar refractivity (Wildman–Crippen MR) is 118 cm³/mol. The molecule has 2 aromatic carbocycles. The van der Waals surface area contributed by atoms with E-state index in [1.165, 1.54) is 24.5 Å².